The summed E-state index contributed by atoms with van der Waals surface area (Å²) in [6.45, 7) is 10.2. The van der Waals surface area contributed by atoms with Gasteiger partial charge in [0.1, 0.15) is 11.9 Å². The van der Waals surface area contributed by atoms with E-state index in [4.69, 9.17) is 24.2 Å². The molecular weight excluding hydrogens is 545 g/mol. The summed E-state index contributed by atoms with van der Waals surface area (Å²) in [5.41, 5.74) is 1.68. The lowest BCUT2D eigenvalue weighted by atomic mass is 9.84. The second-order valence-electron chi connectivity index (χ2n) is 9.36. The van der Waals surface area contributed by atoms with E-state index in [9.17, 15) is 4.79 Å². The fourth-order valence-corrected chi connectivity index (χ4v) is 4.65. The van der Waals surface area contributed by atoms with Crippen molar-refractivity contribution in [3.05, 3.63) is 46.3 Å². The zero-order chi connectivity index (χ0) is 27.3. The number of hydrogen-bond donors (Lipinski definition) is 0. The van der Waals surface area contributed by atoms with Gasteiger partial charge < -0.3 is 23.8 Å². The topological polar surface area (TPSA) is 93.4 Å². The number of rotatable bonds is 10. The largest absolute Gasteiger partial charge is 0.493 e. The number of amidine groups is 1. The maximum absolute atomic E-state index is 15.6. The maximum Gasteiger partial charge on any atom is 0.197 e. The summed E-state index contributed by atoms with van der Waals surface area (Å²) in [5, 5.41) is 9.00. The molecular formula is C27H31BrFN3O5. The third-order valence-corrected chi connectivity index (χ3v) is 6.17. The molecule has 198 valence electrons. The first kappa shape index (κ1) is 28.3. The van der Waals surface area contributed by atoms with Crippen molar-refractivity contribution in [3.8, 4) is 29.1 Å². The molecule has 0 atom stereocenters. The first-order valence-corrected chi connectivity index (χ1v) is 12.6. The van der Waals surface area contributed by atoms with E-state index in [-0.39, 0.29) is 54.7 Å². The van der Waals surface area contributed by atoms with Gasteiger partial charge in [-0.2, -0.15) is 9.28 Å². The van der Waals surface area contributed by atoms with Crippen molar-refractivity contribution >= 4 is 27.8 Å². The van der Waals surface area contributed by atoms with Crippen molar-refractivity contribution in [3.63, 3.8) is 0 Å². The van der Waals surface area contributed by atoms with Crippen molar-refractivity contribution in [1.82, 2.24) is 4.90 Å². The van der Waals surface area contributed by atoms with Crippen molar-refractivity contribution in [2.45, 2.75) is 46.6 Å². The van der Waals surface area contributed by atoms with Crippen LogP contribution in [0.5, 0.6) is 23.0 Å². The van der Waals surface area contributed by atoms with Crippen LogP contribution >= 0.6 is 16.1 Å². The third-order valence-electron chi connectivity index (χ3n) is 5.84. The van der Waals surface area contributed by atoms with Gasteiger partial charge >= 0.3 is 0 Å². The summed E-state index contributed by atoms with van der Waals surface area (Å²) in [7, 11) is 1.52. The van der Waals surface area contributed by atoms with E-state index >= 15 is 4.39 Å². The molecule has 1 aliphatic rings. The number of ketones is 1. The summed E-state index contributed by atoms with van der Waals surface area (Å²) >= 11 is 3.11. The number of fused-ring (bicyclic) bond motifs is 1. The maximum atomic E-state index is 15.6. The van der Waals surface area contributed by atoms with E-state index in [1.54, 1.807) is 30.0 Å². The lowest BCUT2D eigenvalue weighted by Gasteiger charge is -2.25. The molecule has 8 nitrogen and oxygen atoms in total. The van der Waals surface area contributed by atoms with Crippen LogP contribution in [0, 0.1) is 17.1 Å². The molecule has 0 amide bonds. The van der Waals surface area contributed by atoms with E-state index in [0.717, 1.165) is 5.56 Å². The molecule has 0 spiro atoms. The number of carbonyl (C=O) groups is 1. The quantitative estimate of drug-likeness (QED) is 0.341. The van der Waals surface area contributed by atoms with Gasteiger partial charge in [0.15, 0.2) is 41.2 Å². The number of ether oxygens (including phenoxy) is 4. The fourth-order valence-electron chi connectivity index (χ4n) is 4.24. The number of hydrogen-bond acceptors (Lipinski definition) is 7. The van der Waals surface area contributed by atoms with E-state index in [1.165, 1.54) is 7.11 Å². The van der Waals surface area contributed by atoms with Gasteiger partial charge in [-0.1, -0.05) is 20.8 Å². The van der Waals surface area contributed by atoms with Gasteiger partial charge in [0.05, 0.1) is 48.6 Å². The van der Waals surface area contributed by atoms with E-state index < -0.39 is 5.82 Å². The number of carbonyl (C=O) groups excluding carboxylic acids is 1. The monoisotopic (exact) mass is 575 g/mol. The minimum absolute atomic E-state index is 0.0224. The molecule has 0 unspecified atom stereocenters. The Bertz CT molecular complexity index is 1250. The van der Waals surface area contributed by atoms with Crippen LogP contribution in [-0.2, 0) is 12.0 Å². The second-order valence-corrected chi connectivity index (χ2v) is 9.71. The molecule has 2 aromatic carbocycles. The number of methoxy groups -OCH3 is 1. The number of benzene rings is 2. The number of nitrogens with zero attached hydrogens (tertiary/aromatic N) is 3. The lowest BCUT2D eigenvalue weighted by molar-refractivity contribution is 0.0962. The predicted octanol–water partition coefficient (Wildman–Crippen LogP) is 5.59. The van der Waals surface area contributed by atoms with Gasteiger partial charge in [0, 0.05) is 17.7 Å². The predicted molar refractivity (Wildman–Crippen MR) is 142 cm³/mol. The van der Waals surface area contributed by atoms with E-state index in [2.05, 4.69) is 20.2 Å². The average molecular weight is 576 g/mol. The summed E-state index contributed by atoms with van der Waals surface area (Å²) in [5.74, 6) is 0.600. The molecule has 0 radical (unpaired) electrons. The highest BCUT2D eigenvalue weighted by atomic mass is 79.9. The first-order valence-electron chi connectivity index (χ1n) is 11.9. The van der Waals surface area contributed by atoms with E-state index in [1.807, 2.05) is 33.8 Å². The Morgan fingerprint density at radius 3 is 2.38 bits per heavy atom. The Hall–Kier alpha value is -3.32. The third kappa shape index (κ3) is 5.82. The number of nitriles is 1. The van der Waals surface area contributed by atoms with Gasteiger partial charge in [0.25, 0.3) is 0 Å². The Kier molecular flexibility index (Phi) is 9.02. The number of Topliss-reactive ketones (excluding diaryl/α,β-unsaturated/α-hetero) is 1. The van der Waals surface area contributed by atoms with Crippen molar-refractivity contribution in [2.75, 3.05) is 33.5 Å². The highest BCUT2D eigenvalue weighted by Crippen LogP contribution is 2.41. The highest BCUT2D eigenvalue weighted by Gasteiger charge is 2.34. The molecule has 0 aromatic heterocycles. The average Bonchev–Trinajstić information content (AvgIpc) is 3.20. The minimum atomic E-state index is -0.581. The molecule has 0 saturated carbocycles. The number of halogens is 2. The van der Waals surface area contributed by atoms with Crippen molar-refractivity contribution in [1.29, 1.82) is 5.26 Å². The van der Waals surface area contributed by atoms with Crippen LogP contribution in [-0.4, -0.2) is 50.0 Å². The normalized spacial score (nSPS) is 13.8. The molecule has 0 saturated heterocycles. The van der Waals surface area contributed by atoms with Crippen LogP contribution < -0.4 is 18.9 Å². The molecule has 0 bridgehead atoms. The van der Waals surface area contributed by atoms with Crippen LogP contribution in [0.25, 0.3) is 0 Å². The smallest absolute Gasteiger partial charge is 0.197 e. The second kappa shape index (κ2) is 11.8. The van der Waals surface area contributed by atoms with Gasteiger partial charge in [-0.05, 0) is 43.0 Å². The van der Waals surface area contributed by atoms with Crippen LogP contribution in [0.1, 0.15) is 61.7 Å². The van der Waals surface area contributed by atoms with Gasteiger partial charge in [-0.3, -0.25) is 4.79 Å². The lowest BCUT2D eigenvalue weighted by Crippen LogP contribution is -2.31. The first-order chi connectivity index (χ1) is 17.6. The molecule has 10 heteroatoms. The van der Waals surface area contributed by atoms with Gasteiger partial charge in [-0.25, -0.2) is 4.39 Å². The van der Waals surface area contributed by atoms with Crippen LogP contribution in [0.15, 0.2) is 22.2 Å². The summed E-state index contributed by atoms with van der Waals surface area (Å²) in [4.78, 5) is 15.2. The molecule has 2 aromatic rings. The van der Waals surface area contributed by atoms with Crippen LogP contribution in [0.2, 0.25) is 0 Å². The Morgan fingerprint density at radius 2 is 1.81 bits per heavy atom. The van der Waals surface area contributed by atoms with Crippen molar-refractivity contribution in [2.24, 2.45) is 4.02 Å². The Labute approximate surface area is 225 Å². The highest BCUT2D eigenvalue weighted by molar-refractivity contribution is 9.08. The van der Waals surface area contributed by atoms with Gasteiger partial charge in [0.2, 0.25) is 0 Å². The Morgan fingerprint density at radius 1 is 1.14 bits per heavy atom. The zero-order valence-corrected chi connectivity index (χ0v) is 23.5. The summed E-state index contributed by atoms with van der Waals surface area (Å²) < 4.78 is 42.0. The molecule has 37 heavy (non-hydrogen) atoms. The zero-order valence-electron chi connectivity index (χ0n) is 21.9. The molecule has 3 rings (SSSR count). The summed E-state index contributed by atoms with van der Waals surface area (Å²) in [6, 6.07) is 7.02. The molecule has 0 N–H and O–H groups in total. The molecule has 0 fully saturated rings. The minimum Gasteiger partial charge on any atom is -0.493 e. The summed E-state index contributed by atoms with van der Waals surface area (Å²) in [6.07, 6.45) is 0. The van der Waals surface area contributed by atoms with Crippen molar-refractivity contribution < 1.29 is 28.1 Å². The fraction of sp³-hybridized carbons (Fsp3) is 0.444. The molecule has 1 aliphatic heterocycles. The Balaban J connectivity index is 2.00. The molecule has 0 aliphatic carbocycles. The standard InChI is InChI=1S/C27H31BrFN3O5/c1-7-35-21-13-17-14-32(26(31-28)22(17)23(29)25(21)36-8-2)15-19(33)16-11-18(27(3,4)5)24(34-6)20(12-16)37-10-9-30/h11-13H,7-8,10,14-15H2,1-6H3/b31-26-. The van der Waals surface area contributed by atoms with Crippen LogP contribution in [0.4, 0.5) is 4.39 Å². The SMILES string of the molecule is CCOc1cc2c(c(F)c1OCC)/C(=N/Br)N(CC(=O)c1cc(OCC#N)c(OC)c(C(C)(C)C)c1)C2. The molecule has 1 heterocycles. The van der Waals surface area contributed by atoms with E-state index in [0.29, 0.717) is 35.0 Å². The van der Waals surface area contributed by atoms with Gasteiger partial charge in [-0.15, -0.1) is 0 Å². The van der Waals surface area contributed by atoms with Crippen LogP contribution in [0.3, 0.4) is 0 Å².